The van der Waals surface area contributed by atoms with E-state index in [1.165, 1.54) is 0 Å². The third-order valence-electron chi connectivity index (χ3n) is 3.37. The summed E-state index contributed by atoms with van der Waals surface area (Å²) in [5.74, 6) is 0.300. The van der Waals surface area contributed by atoms with Crippen molar-refractivity contribution in [3.8, 4) is 0 Å². The highest BCUT2D eigenvalue weighted by molar-refractivity contribution is 9.10. The van der Waals surface area contributed by atoms with Crippen LogP contribution in [0, 0.1) is 0 Å². The van der Waals surface area contributed by atoms with Gasteiger partial charge in [-0.3, -0.25) is 4.79 Å². The fourth-order valence-corrected chi connectivity index (χ4v) is 3.22. The maximum absolute atomic E-state index is 12.3. The van der Waals surface area contributed by atoms with Crippen LogP contribution in [0.3, 0.4) is 0 Å². The minimum atomic E-state index is -0.260. The fraction of sp³-hybridized carbons (Fsp3) is 0.462. The lowest BCUT2D eigenvalue weighted by molar-refractivity contribution is 0.0909. The second kappa shape index (κ2) is 5.81. The molecule has 1 saturated carbocycles. The van der Waals surface area contributed by atoms with Gasteiger partial charge in [0.25, 0.3) is 5.91 Å². The molecular formula is C13H14BrCl2NO. The second-order valence-electron chi connectivity index (χ2n) is 4.70. The van der Waals surface area contributed by atoms with Gasteiger partial charge in [-0.2, -0.15) is 0 Å². The predicted octanol–water partition coefficient (Wildman–Crippen LogP) is 4.38. The Hall–Kier alpha value is -0.250. The fourth-order valence-electron chi connectivity index (χ4n) is 2.32. The summed E-state index contributed by atoms with van der Waals surface area (Å²) in [5.41, 5.74) is 0.229. The zero-order chi connectivity index (χ0) is 13.2. The molecule has 0 aliphatic heterocycles. The Morgan fingerprint density at radius 3 is 2.67 bits per heavy atom. The maximum Gasteiger partial charge on any atom is 0.253 e. The monoisotopic (exact) mass is 349 g/mol. The van der Waals surface area contributed by atoms with Crippen LogP contribution in [0.1, 0.15) is 36.0 Å². The van der Waals surface area contributed by atoms with Gasteiger partial charge in [0.2, 0.25) is 0 Å². The van der Waals surface area contributed by atoms with E-state index in [2.05, 4.69) is 21.2 Å². The third-order valence-corrected chi connectivity index (χ3v) is 4.70. The van der Waals surface area contributed by atoms with E-state index < -0.39 is 0 Å². The number of hydrogen-bond acceptors (Lipinski definition) is 1. The quantitative estimate of drug-likeness (QED) is 0.805. The van der Waals surface area contributed by atoms with Crippen LogP contribution in [-0.2, 0) is 0 Å². The summed E-state index contributed by atoms with van der Waals surface area (Å²) >= 11 is 15.4. The molecule has 0 atom stereocenters. The van der Waals surface area contributed by atoms with Crippen LogP contribution in [0.15, 0.2) is 22.7 Å². The molecule has 1 aliphatic rings. The Morgan fingerprint density at radius 1 is 1.39 bits per heavy atom. The first-order valence-corrected chi connectivity index (χ1v) is 7.60. The van der Waals surface area contributed by atoms with E-state index in [-0.39, 0.29) is 11.4 Å². The highest BCUT2D eigenvalue weighted by atomic mass is 79.9. The largest absolute Gasteiger partial charge is 0.345 e. The van der Waals surface area contributed by atoms with Crippen molar-refractivity contribution in [2.24, 2.45) is 0 Å². The van der Waals surface area contributed by atoms with E-state index in [1.807, 2.05) is 6.07 Å². The molecular weight excluding hydrogens is 337 g/mol. The van der Waals surface area contributed by atoms with Gasteiger partial charge in [-0.15, -0.1) is 11.6 Å². The van der Waals surface area contributed by atoms with Gasteiger partial charge < -0.3 is 5.32 Å². The second-order valence-corrected chi connectivity index (χ2v) is 6.29. The smallest absolute Gasteiger partial charge is 0.253 e. The van der Waals surface area contributed by atoms with E-state index >= 15 is 0 Å². The maximum atomic E-state index is 12.3. The minimum absolute atomic E-state index is 0.149. The van der Waals surface area contributed by atoms with Crippen molar-refractivity contribution in [2.75, 3.05) is 5.88 Å². The summed E-state index contributed by atoms with van der Waals surface area (Å²) in [6, 6.07) is 5.25. The van der Waals surface area contributed by atoms with Crippen molar-refractivity contribution >= 4 is 45.0 Å². The molecule has 0 heterocycles. The number of hydrogen-bond donors (Lipinski definition) is 1. The molecule has 1 aromatic rings. The highest BCUT2D eigenvalue weighted by Gasteiger charge is 2.34. The van der Waals surface area contributed by atoms with Crippen LogP contribution in [0.5, 0.6) is 0 Å². The molecule has 1 N–H and O–H groups in total. The van der Waals surface area contributed by atoms with Crippen LogP contribution >= 0.6 is 39.1 Å². The van der Waals surface area contributed by atoms with Crippen molar-refractivity contribution in [1.82, 2.24) is 5.32 Å². The molecule has 0 radical (unpaired) electrons. The third kappa shape index (κ3) is 3.01. The van der Waals surface area contributed by atoms with Crippen molar-refractivity contribution in [1.29, 1.82) is 0 Å². The van der Waals surface area contributed by atoms with Gasteiger partial charge in [0, 0.05) is 10.4 Å². The number of halogens is 3. The lowest BCUT2D eigenvalue weighted by Crippen LogP contribution is -2.48. The van der Waals surface area contributed by atoms with Crippen molar-refractivity contribution in [2.45, 2.75) is 31.2 Å². The van der Waals surface area contributed by atoms with E-state index in [9.17, 15) is 4.79 Å². The standard InChI is InChI=1S/C13H14BrCl2NO/c14-9-3-4-11(16)10(7-9)12(18)17-13(8-15)5-1-2-6-13/h3-4,7H,1-2,5-6,8H2,(H,17,18). The van der Waals surface area contributed by atoms with E-state index in [4.69, 9.17) is 23.2 Å². The molecule has 0 saturated heterocycles. The van der Waals surface area contributed by atoms with Gasteiger partial charge in [-0.1, -0.05) is 40.4 Å². The molecule has 1 aromatic carbocycles. The molecule has 0 unspecified atom stereocenters. The SMILES string of the molecule is O=C(NC1(CCl)CCCC1)c1cc(Br)ccc1Cl. The Morgan fingerprint density at radius 2 is 2.06 bits per heavy atom. The Labute approximate surface area is 125 Å². The van der Waals surface area contributed by atoms with E-state index in [1.54, 1.807) is 12.1 Å². The Bertz CT molecular complexity index is 458. The molecule has 5 heteroatoms. The molecule has 1 aliphatic carbocycles. The van der Waals surface area contributed by atoms with Gasteiger partial charge in [0.05, 0.1) is 16.1 Å². The number of nitrogens with one attached hydrogen (secondary N) is 1. The van der Waals surface area contributed by atoms with Gasteiger partial charge in [0.15, 0.2) is 0 Å². The zero-order valence-corrected chi connectivity index (χ0v) is 12.9. The van der Waals surface area contributed by atoms with Crippen LogP contribution in [0.4, 0.5) is 0 Å². The number of benzene rings is 1. The summed E-state index contributed by atoms with van der Waals surface area (Å²) in [6.07, 6.45) is 4.10. The zero-order valence-electron chi connectivity index (χ0n) is 9.81. The van der Waals surface area contributed by atoms with Crippen molar-refractivity contribution in [3.05, 3.63) is 33.3 Å². The normalized spacial score (nSPS) is 17.7. The number of rotatable bonds is 3. The van der Waals surface area contributed by atoms with Crippen molar-refractivity contribution < 1.29 is 4.79 Å². The highest BCUT2D eigenvalue weighted by Crippen LogP contribution is 2.31. The van der Waals surface area contributed by atoms with Crippen LogP contribution in [-0.4, -0.2) is 17.3 Å². The molecule has 0 bridgehead atoms. The first-order chi connectivity index (χ1) is 8.56. The number of alkyl halides is 1. The average Bonchev–Trinajstić information content (AvgIpc) is 2.81. The first-order valence-electron chi connectivity index (χ1n) is 5.90. The Balaban J connectivity index is 2.18. The number of carbonyl (C=O) groups is 1. The van der Waals surface area contributed by atoms with E-state index in [0.29, 0.717) is 16.5 Å². The molecule has 1 amide bonds. The molecule has 2 rings (SSSR count). The van der Waals surface area contributed by atoms with Crippen LogP contribution in [0.2, 0.25) is 5.02 Å². The molecule has 0 aromatic heterocycles. The van der Waals surface area contributed by atoms with Gasteiger partial charge >= 0.3 is 0 Å². The molecule has 98 valence electrons. The summed E-state index contributed by atoms with van der Waals surface area (Å²) in [5, 5.41) is 3.51. The predicted molar refractivity (Wildman–Crippen MR) is 78.5 cm³/mol. The summed E-state index contributed by atoms with van der Waals surface area (Å²) in [6.45, 7) is 0. The summed E-state index contributed by atoms with van der Waals surface area (Å²) in [4.78, 5) is 12.3. The average molecular weight is 351 g/mol. The van der Waals surface area contributed by atoms with Crippen LogP contribution < -0.4 is 5.32 Å². The molecule has 2 nitrogen and oxygen atoms in total. The minimum Gasteiger partial charge on any atom is -0.345 e. The molecule has 0 spiro atoms. The lowest BCUT2D eigenvalue weighted by Gasteiger charge is -2.28. The topological polar surface area (TPSA) is 29.1 Å². The summed E-state index contributed by atoms with van der Waals surface area (Å²) < 4.78 is 0.836. The number of amides is 1. The van der Waals surface area contributed by atoms with Crippen molar-refractivity contribution in [3.63, 3.8) is 0 Å². The van der Waals surface area contributed by atoms with Gasteiger partial charge in [-0.05, 0) is 31.0 Å². The molecule has 18 heavy (non-hydrogen) atoms. The van der Waals surface area contributed by atoms with Crippen LogP contribution in [0.25, 0.3) is 0 Å². The number of carbonyl (C=O) groups excluding carboxylic acids is 1. The lowest BCUT2D eigenvalue weighted by atomic mass is 9.99. The van der Waals surface area contributed by atoms with Gasteiger partial charge in [0.1, 0.15) is 0 Å². The van der Waals surface area contributed by atoms with E-state index in [0.717, 1.165) is 30.2 Å². The molecule has 1 fully saturated rings. The Kier molecular flexibility index (Phi) is 4.57. The first kappa shape index (κ1) is 14.2. The van der Waals surface area contributed by atoms with Gasteiger partial charge in [-0.25, -0.2) is 0 Å². The summed E-state index contributed by atoms with van der Waals surface area (Å²) in [7, 11) is 0.